The SMILES string of the molecule is CC1CN(I)CCC1c1nc2cc([C@H]3CC[C@H](C)CN3C(=O)C(=O)Nc3cnc(N)c4cn[nH]c34)ccc2s1. The first-order valence-corrected chi connectivity index (χ1v) is 15.1. The molecule has 1 aromatic carbocycles. The molecule has 2 aliphatic rings. The lowest BCUT2D eigenvalue weighted by Gasteiger charge is -2.38. The maximum absolute atomic E-state index is 13.5. The Morgan fingerprint density at radius 3 is 2.85 bits per heavy atom. The third-order valence-electron chi connectivity index (χ3n) is 8.02. The van der Waals surface area contributed by atoms with Crippen molar-refractivity contribution in [3.05, 3.63) is 41.2 Å². The van der Waals surface area contributed by atoms with Crippen LogP contribution in [-0.4, -0.2) is 59.6 Å². The Kier molecular flexibility index (Phi) is 7.18. The fraction of sp³-hybridized carbons (Fsp3) is 0.444. The number of likely N-dealkylation sites (tertiary alicyclic amines) is 1. The topological polar surface area (TPSA) is 133 Å². The average Bonchev–Trinajstić information content (AvgIpc) is 3.57. The molecule has 2 fully saturated rings. The average molecular weight is 659 g/mol. The van der Waals surface area contributed by atoms with Gasteiger partial charge in [0, 0.05) is 48.4 Å². The minimum Gasteiger partial charge on any atom is -0.383 e. The van der Waals surface area contributed by atoms with Gasteiger partial charge >= 0.3 is 11.8 Å². The number of benzene rings is 1. The van der Waals surface area contributed by atoms with Crippen molar-refractivity contribution in [2.24, 2.45) is 11.8 Å². The van der Waals surface area contributed by atoms with Gasteiger partial charge in [-0.05, 0) is 48.8 Å². The number of rotatable bonds is 3. The van der Waals surface area contributed by atoms with E-state index in [-0.39, 0.29) is 6.04 Å². The Labute approximate surface area is 244 Å². The Hall–Kier alpha value is -2.84. The summed E-state index contributed by atoms with van der Waals surface area (Å²) in [6.07, 6.45) is 5.88. The number of hydrogen-bond acceptors (Lipinski definition) is 8. The van der Waals surface area contributed by atoms with Crippen molar-refractivity contribution in [1.82, 2.24) is 28.2 Å². The van der Waals surface area contributed by atoms with E-state index in [0.29, 0.717) is 46.7 Å². The summed E-state index contributed by atoms with van der Waals surface area (Å²) in [6, 6.07) is 6.15. The molecule has 4 N–H and O–H groups in total. The molecule has 10 nitrogen and oxygen atoms in total. The summed E-state index contributed by atoms with van der Waals surface area (Å²) in [4.78, 5) is 37.6. The number of carbonyl (C=O) groups excluding carboxylic acids is 2. The number of amides is 2. The van der Waals surface area contributed by atoms with Crippen LogP contribution < -0.4 is 11.1 Å². The number of nitrogens with one attached hydrogen (secondary N) is 2. The summed E-state index contributed by atoms with van der Waals surface area (Å²) in [6.45, 7) is 7.09. The van der Waals surface area contributed by atoms with Crippen molar-refractivity contribution < 1.29 is 9.59 Å². The molecule has 12 heteroatoms. The first-order chi connectivity index (χ1) is 18.8. The highest BCUT2D eigenvalue weighted by Gasteiger charge is 2.35. The molecule has 2 amide bonds. The van der Waals surface area contributed by atoms with Crippen LogP contribution in [0.2, 0.25) is 0 Å². The van der Waals surface area contributed by atoms with Gasteiger partial charge in [-0.1, -0.05) is 19.9 Å². The molecule has 4 aromatic rings. The van der Waals surface area contributed by atoms with Crippen LogP contribution in [0.1, 0.15) is 55.6 Å². The molecule has 5 heterocycles. The highest BCUT2D eigenvalue weighted by atomic mass is 127. The van der Waals surface area contributed by atoms with Crippen molar-refractivity contribution in [2.45, 2.75) is 45.1 Å². The molecule has 6 rings (SSSR count). The van der Waals surface area contributed by atoms with E-state index in [0.717, 1.165) is 48.1 Å². The zero-order chi connectivity index (χ0) is 27.3. The zero-order valence-electron chi connectivity index (χ0n) is 21.9. The molecule has 2 unspecified atom stereocenters. The molecule has 3 aromatic heterocycles. The van der Waals surface area contributed by atoms with Crippen LogP contribution in [0.15, 0.2) is 30.6 Å². The number of aromatic amines is 1. The van der Waals surface area contributed by atoms with Crippen LogP contribution >= 0.6 is 34.2 Å². The Morgan fingerprint density at radius 2 is 2.03 bits per heavy atom. The van der Waals surface area contributed by atoms with E-state index in [1.165, 1.54) is 11.2 Å². The molecule has 204 valence electrons. The van der Waals surface area contributed by atoms with Crippen molar-refractivity contribution >= 4 is 78.6 Å². The zero-order valence-corrected chi connectivity index (χ0v) is 24.8. The second-order valence-corrected chi connectivity index (χ2v) is 13.3. The fourth-order valence-corrected chi connectivity index (χ4v) is 7.98. The minimum atomic E-state index is -0.704. The van der Waals surface area contributed by atoms with Crippen LogP contribution in [0.3, 0.4) is 0 Å². The molecule has 0 radical (unpaired) electrons. The Bertz CT molecular complexity index is 1550. The maximum atomic E-state index is 13.5. The van der Waals surface area contributed by atoms with Gasteiger partial charge in [0.15, 0.2) is 0 Å². The van der Waals surface area contributed by atoms with Gasteiger partial charge < -0.3 is 16.0 Å². The highest BCUT2D eigenvalue weighted by Crippen LogP contribution is 2.40. The standard InChI is InChI=1S/C27H31IN8O2S/c1-14-3-5-21(16-4-6-22-19(9-16)33-26(39-22)17-7-8-35(28)13-15(17)2)36(12-14)27(38)25(37)32-20-11-30-24(29)18-10-31-34-23(18)20/h4,6,9-11,14-15,17,21H,3,5,7-8,12-13H2,1-2H3,(H2,29,30)(H,31,34)(H,32,37)/t14-,15?,17?,21+/m0/s1. The lowest BCUT2D eigenvalue weighted by atomic mass is 9.88. The molecule has 4 atom stereocenters. The van der Waals surface area contributed by atoms with E-state index in [4.69, 9.17) is 10.7 Å². The smallest absolute Gasteiger partial charge is 0.314 e. The summed E-state index contributed by atoms with van der Waals surface area (Å²) in [5, 5.41) is 11.3. The summed E-state index contributed by atoms with van der Waals surface area (Å²) in [7, 11) is 0. The second kappa shape index (κ2) is 10.6. The number of nitrogens with two attached hydrogens (primary N) is 1. The number of piperidine rings is 2. The first-order valence-electron chi connectivity index (χ1n) is 13.3. The number of fused-ring (bicyclic) bond motifs is 2. The third-order valence-corrected chi connectivity index (χ3v) is 10.1. The van der Waals surface area contributed by atoms with E-state index < -0.39 is 11.8 Å². The van der Waals surface area contributed by atoms with Crippen LogP contribution in [-0.2, 0) is 9.59 Å². The van der Waals surface area contributed by atoms with Crippen LogP contribution in [0.5, 0.6) is 0 Å². The van der Waals surface area contributed by atoms with Crippen molar-refractivity contribution in [2.75, 3.05) is 30.7 Å². The van der Waals surface area contributed by atoms with E-state index in [1.54, 1.807) is 22.4 Å². The fourth-order valence-electron chi connectivity index (χ4n) is 5.87. The largest absolute Gasteiger partial charge is 0.383 e. The number of thiazole rings is 1. The van der Waals surface area contributed by atoms with Gasteiger partial charge in [0.1, 0.15) is 5.82 Å². The number of carbonyl (C=O) groups is 2. The summed E-state index contributed by atoms with van der Waals surface area (Å²) >= 11 is 4.19. The van der Waals surface area contributed by atoms with Gasteiger partial charge in [0.2, 0.25) is 0 Å². The van der Waals surface area contributed by atoms with Gasteiger partial charge in [0.25, 0.3) is 0 Å². The number of nitrogens with zero attached hydrogens (tertiary/aromatic N) is 5. The molecule has 0 aliphatic carbocycles. The van der Waals surface area contributed by atoms with Crippen LogP contribution in [0, 0.1) is 11.8 Å². The van der Waals surface area contributed by atoms with Crippen LogP contribution in [0.4, 0.5) is 11.5 Å². The Morgan fingerprint density at radius 1 is 1.18 bits per heavy atom. The predicted octanol–water partition coefficient (Wildman–Crippen LogP) is 4.86. The molecule has 2 aliphatic heterocycles. The van der Waals surface area contributed by atoms with E-state index >= 15 is 0 Å². The lowest BCUT2D eigenvalue weighted by molar-refractivity contribution is -0.146. The number of aromatic nitrogens is 4. The number of nitrogen functional groups attached to an aromatic ring is 1. The van der Waals surface area contributed by atoms with Gasteiger partial charge in [0.05, 0.1) is 50.3 Å². The van der Waals surface area contributed by atoms with E-state index in [2.05, 4.69) is 78.5 Å². The number of halogens is 1. The van der Waals surface area contributed by atoms with Gasteiger partial charge in [-0.3, -0.25) is 14.7 Å². The number of hydrogen-bond donors (Lipinski definition) is 3. The monoisotopic (exact) mass is 658 g/mol. The van der Waals surface area contributed by atoms with E-state index in [1.807, 2.05) is 0 Å². The molecular weight excluding hydrogens is 627 g/mol. The summed E-state index contributed by atoms with van der Waals surface area (Å²) in [5.41, 5.74) is 8.81. The normalized spacial score (nSPS) is 24.3. The first kappa shape index (κ1) is 26.4. The lowest BCUT2D eigenvalue weighted by Crippen LogP contribution is -2.46. The Balaban J connectivity index is 1.25. The second-order valence-electron chi connectivity index (χ2n) is 10.8. The van der Waals surface area contributed by atoms with Gasteiger partial charge in [-0.15, -0.1) is 11.3 Å². The van der Waals surface area contributed by atoms with Crippen molar-refractivity contribution in [1.29, 1.82) is 0 Å². The molecule has 2 saturated heterocycles. The molecule has 0 saturated carbocycles. The highest BCUT2D eigenvalue weighted by molar-refractivity contribution is 14.1. The predicted molar refractivity (Wildman–Crippen MR) is 162 cm³/mol. The van der Waals surface area contributed by atoms with Crippen molar-refractivity contribution in [3.63, 3.8) is 0 Å². The quantitative estimate of drug-likeness (QED) is 0.163. The summed E-state index contributed by atoms with van der Waals surface area (Å²) in [5.74, 6) is 0.368. The van der Waals surface area contributed by atoms with Gasteiger partial charge in [-0.25, -0.2) is 13.1 Å². The van der Waals surface area contributed by atoms with Crippen molar-refractivity contribution in [3.8, 4) is 0 Å². The molecule has 39 heavy (non-hydrogen) atoms. The van der Waals surface area contributed by atoms with Gasteiger partial charge in [-0.2, -0.15) is 5.10 Å². The van der Waals surface area contributed by atoms with E-state index in [9.17, 15) is 9.59 Å². The third kappa shape index (κ3) is 5.09. The number of anilines is 2. The molecule has 0 spiro atoms. The summed E-state index contributed by atoms with van der Waals surface area (Å²) < 4.78 is 3.52. The van der Waals surface area contributed by atoms with Crippen LogP contribution in [0.25, 0.3) is 21.1 Å². The minimum absolute atomic E-state index is 0.188. The number of pyridine rings is 1. The molecule has 0 bridgehead atoms. The molecular formula is C27H31IN8O2S. The maximum Gasteiger partial charge on any atom is 0.314 e. The number of H-pyrrole nitrogens is 1.